The van der Waals surface area contributed by atoms with E-state index in [4.69, 9.17) is 0 Å². The molecule has 0 aliphatic carbocycles. The first kappa shape index (κ1) is 16.3. The van der Waals surface area contributed by atoms with Crippen molar-refractivity contribution in [3.05, 3.63) is 0 Å². The van der Waals surface area contributed by atoms with E-state index in [2.05, 4.69) is 13.8 Å². The van der Waals surface area contributed by atoms with Crippen molar-refractivity contribution >= 4 is 7.28 Å². The Kier molecular flexibility index (Phi) is 7.04. The molecule has 0 aromatic rings. The van der Waals surface area contributed by atoms with Crippen LogP contribution in [0.25, 0.3) is 0 Å². The second-order valence-corrected chi connectivity index (χ2v) is 8.96. The molecule has 0 heterocycles. The van der Waals surface area contributed by atoms with Crippen molar-refractivity contribution < 1.29 is 14.7 Å². The average molecular weight is 252 g/mol. The maximum atomic E-state index is 9.76. The maximum absolute atomic E-state index is 9.76. The van der Waals surface area contributed by atoms with Crippen LogP contribution in [0.15, 0.2) is 0 Å². The summed E-state index contributed by atoms with van der Waals surface area (Å²) in [7, 11) is -4.27. The molecule has 0 rings (SSSR count). The summed E-state index contributed by atoms with van der Waals surface area (Å²) in [6, 6.07) is 0. The van der Waals surface area contributed by atoms with Gasteiger partial charge in [0.2, 0.25) is 0 Å². The second kappa shape index (κ2) is 6.90. The van der Waals surface area contributed by atoms with Crippen LogP contribution in [0.4, 0.5) is 0 Å². The van der Waals surface area contributed by atoms with E-state index in [1.807, 2.05) is 6.92 Å². The first-order chi connectivity index (χ1) is 7.24. The molecule has 0 fully saturated rings. The third-order valence-corrected chi connectivity index (χ3v) is 5.33. The van der Waals surface area contributed by atoms with Gasteiger partial charge in [0.05, 0.1) is 0 Å². The van der Waals surface area contributed by atoms with Gasteiger partial charge in [-0.05, 0) is 0 Å². The van der Waals surface area contributed by atoms with Crippen LogP contribution < -0.4 is 0 Å². The summed E-state index contributed by atoms with van der Waals surface area (Å²) in [6.45, 7) is 6.35. The van der Waals surface area contributed by atoms with E-state index in [0.717, 1.165) is 25.7 Å². The summed E-state index contributed by atoms with van der Waals surface area (Å²) in [5.41, 5.74) is 0. The first-order valence-electron chi connectivity index (χ1n) is 6.50. The molecule has 3 N–H and O–H groups in total. The summed E-state index contributed by atoms with van der Waals surface area (Å²) < 4.78 is 0. The van der Waals surface area contributed by atoms with Crippen LogP contribution in [0.3, 0.4) is 0 Å². The molecule has 0 saturated heterocycles. The Labute approximate surface area is 100 Å². The molecule has 100 valence electrons. The van der Waals surface area contributed by atoms with Crippen LogP contribution in [0.2, 0.25) is 0 Å². The van der Waals surface area contributed by atoms with E-state index in [1.165, 1.54) is 6.42 Å². The van der Waals surface area contributed by atoms with Gasteiger partial charge < -0.3 is 0 Å². The normalized spacial score (nSPS) is 15.1. The zero-order valence-corrected chi connectivity index (χ0v) is 11.9. The molecule has 4 heteroatoms. The Morgan fingerprint density at radius 3 is 1.94 bits per heavy atom. The number of hydrogen-bond donors (Lipinski definition) is 3. The van der Waals surface area contributed by atoms with Crippen LogP contribution in [0.5, 0.6) is 0 Å². The molecular formula is C12H29O3P. The van der Waals surface area contributed by atoms with E-state index in [-0.39, 0.29) is 12.3 Å². The molecule has 0 saturated carbocycles. The van der Waals surface area contributed by atoms with Crippen LogP contribution in [0.1, 0.15) is 59.3 Å². The molecule has 0 aromatic heterocycles. The minimum atomic E-state index is -4.27. The van der Waals surface area contributed by atoms with E-state index in [0.29, 0.717) is 12.3 Å². The van der Waals surface area contributed by atoms with Gasteiger partial charge in [0.25, 0.3) is 0 Å². The Morgan fingerprint density at radius 1 is 0.875 bits per heavy atom. The van der Waals surface area contributed by atoms with Crippen LogP contribution in [0, 0.1) is 5.92 Å². The summed E-state index contributed by atoms with van der Waals surface area (Å²) in [5.74, 6) is 0.702. The molecular weight excluding hydrogens is 223 g/mol. The Bertz CT molecular complexity index is 184. The standard InChI is InChI=1S/C12H29O3P/c1-4-5-10-16(13,14,15)11-8-6-7-9-12(2)3/h12-15H,4-11H2,1-3H3. The predicted molar refractivity (Wildman–Crippen MR) is 71.5 cm³/mol. The Balaban J connectivity index is 3.71. The van der Waals surface area contributed by atoms with Crippen LogP contribution in [-0.4, -0.2) is 27.0 Å². The van der Waals surface area contributed by atoms with Gasteiger partial charge >= 0.3 is 99.5 Å². The van der Waals surface area contributed by atoms with Crippen molar-refractivity contribution in [3.63, 3.8) is 0 Å². The molecule has 0 aliphatic rings. The third kappa shape index (κ3) is 9.53. The molecule has 0 aromatic carbocycles. The van der Waals surface area contributed by atoms with Crippen LogP contribution >= 0.6 is 7.28 Å². The number of rotatable bonds is 9. The molecule has 0 spiro atoms. The van der Waals surface area contributed by atoms with Crippen molar-refractivity contribution in [3.8, 4) is 0 Å². The second-order valence-electron chi connectivity index (χ2n) is 5.38. The van der Waals surface area contributed by atoms with Gasteiger partial charge in [-0.3, -0.25) is 0 Å². The molecule has 0 atom stereocenters. The minimum absolute atomic E-state index is 0.173. The fraction of sp³-hybridized carbons (Fsp3) is 1.00. The fourth-order valence-corrected chi connectivity index (χ4v) is 3.82. The van der Waals surface area contributed by atoms with E-state index < -0.39 is 7.28 Å². The van der Waals surface area contributed by atoms with Gasteiger partial charge in [-0.25, -0.2) is 0 Å². The zero-order valence-electron chi connectivity index (χ0n) is 11.0. The van der Waals surface area contributed by atoms with Crippen LogP contribution in [-0.2, 0) is 0 Å². The number of hydrogen-bond acceptors (Lipinski definition) is 3. The molecule has 3 nitrogen and oxygen atoms in total. The van der Waals surface area contributed by atoms with Gasteiger partial charge in [0.1, 0.15) is 0 Å². The van der Waals surface area contributed by atoms with Gasteiger partial charge in [-0.15, -0.1) is 0 Å². The van der Waals surface area contributed by atoms with Gasteiger partial charge in [-0.2, -0.15) is 0 Å². The summed E-state index contributed by atoms with van der Waals surface area (Å²) in [5, 5.41) is 0. The molecule has 0 unspecified atom stereocenters. The monoisotopic (exact) mass is 252 g/mol. The first-order valence-corrected chi connectivity index (χ1v) is 8.97. The van der Waals surface area contributed by atoms with Gasteiger partial charge in [0.15, 0.2) is 0 Å². The van der Waals surface area contributed by atoms with Gasteiger partial charge in [0, 0.05) is 0 Å². The average Bonchev–Trinajstić information content (AvgIpc) is 2.13. The van der Waals surface area contributed by atoms with Crippen molar-refractivity contribution in [2.75, 3.05) is 12.3 Å². The predicted octanol–water partition coefficient (Wildman–Crippen LogP) is 3.28. The quantitative estimate of drug-likeness (QED) is 0.436. The van der Waals surface area contributed by atoms with Crippen molar-refractivity contribution in [1.82, 2.24) is 0 Å². The zero-order chi connectivity index (χ0) is 12.7. The molecule has 16 heavy (non-hydrogen) atoms. The molecule has 0 amide bonds. The number of unbranched alkanes of at least 4 members (excludes halogenated alkanes) is 3. The van der Waals surface area contributed by atoms with Gasteiger partial charge in [-0.1, -0.05) is 0 Å². The SMILES string of the molecule is CCCCP(O)(O)(O)CCCCCC(C)C. The summed E-state index contributed by atoms with van der Waals surface area (Å²) in [6.07, 6.45) is 5.91. The molecule has 0 radical (unpaired) electrons. The van der Waals surface area contributed by atoms with Crippen molar-refractivity contribution in [2.24, 2.45) is 5.92 Å². The molecule has 0 aliphatic heterocycles. The topological polar surface area (TPSA) is 60.7 Å². The van der Waals surface area contributed by atoms with E-state index in [1.54, 1.807) is 0 Å². The summed E-state index contributed by atoms with van der Waals surface area (Å²) in [4.78, 5) is 29.3. The van der Waals surface area contributed by atoms with E-state index in [9.17, 15) is 14.7 Å². The third-order valence-electron chi connectivity index (χ3n) is 2.87. The summed E-state index contributed by atoms with van der Waals surface area (Å²) >= 11 is 0. The van der Waals surface area contributed by atoms with Crippen molar-refractivity contribution in [1.29, 1.82) is 0 Å². The van der Waals surface area contributed by atoms with E-state index >= 15 is 0 Å². The molecule has 0 bridgehead atoms. The van der Waals surface area contributed by atoms with Crippen molar-refractivity contribution in [2.45, 2.75) is 59.3 Å². The fourth-order valence-electron chi connectivity index (χ4n) is 1.76. The Morgan fingerprint density at radius 2 is 1.44 bits per heavy atom. The Hall–Kier alpha value is 0.310.